The Kier molecular flexibility index (Phi) is 6.01. The highest BCUT2D eigenvalue weighted by Crippen LogP contribution is 2.31. The maximum Gasteiger partial charge on any atom is 0.408 e. The van der Waals surface area contributed by atoms with Gasteiger partial charge in [-0.05, 0) is 57.2 Å². The predicted molar refractivity (Wildman–Crippen MR) is 120 cm³/mol. The fourth-order valence-corrected chi connectivity index (χ4v) is 3.80. The Morgan fingerprint density at radius 3 is 2.09 bits per heavy atom. The molecule has 34 heavy (non-hydrogen) atoms. The van der Waals surface area contributed by atoms with Crippen LogP contribution in [0.15, 0.2) is 48.5 Å². The summed E-state index contributed by atoms with van der Waals surface area (Å²) in [5.41, 5.74) is 0.280. The number of alkyl carbamates (subject to hydrolysis) is 1. The number of ether oxygens (including phenoxy) is 2. The first kappa shape index (κ1) is 23.2. The lowest BCUT2D eigenvalue weighted by molar-refractivity contribution is -0.135. The third-order valence-corrected chi connectivity index (χ3v) is 5.37. The van der Waals surface area contributed by atoms with Crippen molar-refractivity contribution in [3.63, 3.8) is 0 Å². The average Bonchev–Trinajstić information content (AvgIpc) is 3.04. The summed E-state index contributed by atoms with van der Waals surface area (Å²) in [6.07, 6.45) is -0.758. The SMILES string of the molecule is COc1ccc(N2C(=O)[C@@H](NC(=O)OC(C)(C)C)[C@H]2CON2C(=O)c3ccccc3C2=O)cc1. The maximum absolute atomic E-state index is 13.0. The lowest BCUT2D eigenvalue weighted by Gasteiger charge is -2.46. The number of carbonyl (C=O) groups is 4. The summed E-state index contributed by atoms with van der Waals surface area (Å²) in [4.78, 5) is 57.5. The average molecular weight is 467 g/mol. The molecule has 0 aromatic heterocycles. The molecule has 10 heteroatoms. The Morgan fingerprint density at radius 2 is 1.56 bits per heavy atom. The molecule has 2 aliphatic rings. The molecule has 10 nitrogen and oxygen atoms in total. The predicted octanol–water partition coefficient (Wildman–Crippen LogP) is 2.53. The van der Waals surface area contributed by atoms with Crippen LogP contribution in [0.25, 0.3) is 0 Å². The van der Waals surface area contributed by atoms with Crippen molar-refractivity contribution in [2.75, 3.05) is 18.6 Å². The van der Waals surface area contributed by atoms with Gasteiger partial charge in [-0.3, -0.25) is 19.2 Å². The van der Waals surface area contributed by atoms with Crippen molar-refractivity contribution in [2.24, 2.45) is 0 Å². The van der Waals surface area contributed by atoms with Crippen LogP contribution in [0.4, 0.5) is 10.5 Å². The Bertz CT molecular complexity index is 1110. The van der Waals surface area contributed by atoms with Crippen molar-refractivity contribution in [1.82, 2.24) is 10.4 Å². The maximum atomic E-state index is 13.0. The standard InChI is InChI=1S/C24H25N3O7/c1-24(2,3)34-23(31)25-19-18(26(22(19)30)14-9-11-15(32-4)12-10-14)13-33-27-20(28)16-7-5-6-8-17(16)21(27)29/h5-12,18-19H,13H2,1-4H3,(H,25,31)/t18-,19+/m1/s1. The van der Waals surface area contributed by atoms with Crippen molar-refractivity contribution < 1.29 is 33.5 Å². The van der Waals surface area contributed by atoms with Gasteiger partial charge in [0.25, 0.3) is 17.7 Å². The van der Waals surface area contributed by atoms with E-state index in [-0.39, 0.29) is 23.6 Å². The number of hydroxylamine groups is 2. The second kappa shape index (κ2) is 8.79. The highest BCUT2D eigenvalue weighted by atomic mass is 16.7. The number of methoxy groups -OCH3 is 1. The van der Waals surface area contributed by atoms with Crippen molar-refractivity contribution >= 4 is 29.5 Å². The monoisotopic (exact) mass is 467 g/mol. The lowest BCUT2D eigenvalue weighted by atomic mass is 9.94. The van der Waals surface area contributed by atoms with Crippen molar-refractivity contribution in [3.05, 3.63) is 59.7 Å². The van der Waals surface area contributed by atoms with E-state index in [0.29, 0.717) is 16.5 Å². The number of hydrogen-bond donors (Lipinski definition) is 1. The van der Waals surface area contributed by atoms with E-state index in [9.17, 15) is 19.2 Å². The van der Waals surface area contributed by atoms with Gasteiger partial charge in [-0.1, -0.05) is 12.1 Å². The fraction of sp³-hybridized carbons (Fsp3) is 0.333. The number of rotatable bonds is 6. The number of imide groups is 1. The Balaban J connectivity index is 1.53. The topological polar surface area (TPSA) is 114 Å². The minimum Gasteiger partial charge on any atom is -0.497 e. The summed E-state index contributed by atoms with van der Waals surface area (Å²) in [7, 11) is 1.53. The van der Waals surface area contributed by atoms with Gasteiger partial charge in [0, 0.05) is 5.69 Å². The lowest BCUT2D eigenvalue weighted by Crippen LogP contribution is -2.73. The van der Waals surface area contributed by atoms with Crippen LogP contribution in [0, 0.1) is 0 Å². The summed E-state index contributed by atoms with van der Waals surface area (Å²) >= 11 is 0. The van der Waals surface area contributed by atoms with E-state index < -0.39 is 35.6 Å². The summed E-state index contributed by atoms with van der Waals surface area (Å²) in [6, 6.07) is 11.5. The van der Waals surface area contributed by atoms with Crippen molar-refractivity contribution in [3.8, 4) is 5.75 Å². The molecule has 1 saturated heterocycles. The van der Waals surface area contributed by atoms with Gasteiger partial charge in [-0.25, -0.2) is 4.79 Å². The molecule has 0 unspecified atom stereocenters. The Labute approximate surface area is 196 Å². The third-order valence-electron chi connectivity index (χ3n) is 5.37. The molecule has 2 aromatic rings. The van der Waals surface area contributed by atoms with Gasteiger partial charge < -0.3 is 19.7 Å². The van der Waals surface area contributed by atoms with Gasteiger partial charge in [0.1, 0.15) is 17.4 Å². The van der Waals surface area contributed by atoms with E-state index in [4.69, 9.17) is 14.3 Å². The first-order valence-corrected chi connectivity index (χ1v) is 10.7. The zero-order chi connectivity index (χ0) is 24.6. The largest absolute Gasteiger partial charge is 0.497 e. The van der Waals surface area contributed by atoms with Crippen LogP contribution in [-0.4, -0.2) is 60.3 Å². The molecule has 2 atom stereocenters. The van der Waals surface area contributed by atoms with Crippen LogP contribution >= 0.6 is 0 Å². The van der Waals surface area contributed by atoms with E-state index in [2.05, 4.69) is 5.32 Å². The number of amides is 4. The number of nitrogens with one attached hydrogen (secondary N) is 1. The van der Waals surface area contributed by atoms with E-state index in [0.717, 1.165) is 0 Å². The Morgan fingerprint density at radius 1 is 0.971 bits per heavy atom. The number of carbonyl (C=O) groups excluding carboxylic acids is 4. The van der Waals surface area contributed by atoms with E-state index in [1.54, 1.807) is 69.3 Å². The molecule has 178 valence electrons. The van der Waals surface area contributed by atoms with Crippen LogP contribution in [0.1, 0.15) is 41.5 Å². The van der Waals surface area contributed by atoms with Gasteiger partial charge in [-0.15, -0.1) is 5.06 Å². The zero-order valence-corrected chi connectivity index (χ0v) is 19.2. The number of β-lactam (4-membered cyclic amide) rings is 1. The zero-order valence-electron chi connectivity index (χ0n) is 19.2. The van der Waals surface area contributed by atoms with Crippen LogP contribution in [0.5, 0.6) is 5.75 Å². The quantitative estimate of drug-likeness (QED) is 0.513. The number of nitrogens with zero attached hydrogens (tertiary/aromatic N) is 2. The van der Waals surface area contributed by atoms with Gasteiger partial charge in [0.05, 0.1) is 30.9 Å². The minimum absolute atomic E-state index is 0.219. The molecule has 4 rings (SSSR count). The van der Waals surface area contributed by atoms with Gasteiger partial charge >= 0.3 is 6.09 Å². The van der Waals surface area contributed by atoms with Gasteiger partial charge in [0.15, 0.2) is 0 Å². The molecule has 0 bridgehead atoms. The molecule has 4 amide bonds. The molecule has 2 aliphatic heterocycles. The summed E-state index contributed by atoms with van der Waals surface area (Å²) < 4.78 is 10.4. The second-order valence-electron chi connectivity index (χ2n) is 8.84. The summed E-state index contributed by atoms with van der Waals surface area (Å²) in [5, 5.41) is 3.25. The summed E-state index contributed by atoms with van der Waals surface area (Å²) in [5.74, 6) is -0.941. The number of anilines is 1. The second-order valence-corrected chi connectivity index (χ2v) is 8.84. The van der Waals surface area contributed by atoms with Crippen molar-refractivity contribution in [2.45, 2.75) is 38.5 Å². The van der Waals surface area contributed by atoms with Crippen LogP contribution in [-0.2, 0) is 14.4 Å². The highest BCUT2D eigenvalue weighted by molar-refractivity contribution is 6.20. The number of hydrogen-bond acceptors (Lipinski definition) is 7. The normalized spacial score (nSPS) is 19.6. The fourth-order valence-electron chi connectivity index (χ4n) is 3.80. The number of benzene rings is 2. The van der Waals surface area contributed by atoms with E-state index in [1.807, 2.05) is 0 Å². The molecule has 1 N–H and O–H groups in total. The van der Waals surface area contributed by atoms with Crippen molar-refractivity contribution in [1.29, 1.82) is 0 Å². The minimum atomic E-state index is -0.966. The van der Waals surface area contributed by atoms with Crippen LogP contribution in [0.2, 0.25) is 0 Å². The Hall–Kier alpha value is -3.92. The molecule has 2 heterocycles. The molecule has 0 saturated carbocycles. The van der Waals surface area contributed by atoms with Gasteiger partial charge in [0.2, 0.25) is 0 Å². The molecule has 0 spiro atoms. The molecule has 0 radical (unpaired) electrons. The van der Waals surface area contributed by atoms with Gasteiger partial charge in [-0.2, -0.15) is 0 Å². The van der Waals surface area contributed by atoms with E-state index in [1.165, 1.54) is 12.0 Å². The smallest absolute Gasteiger partial charge is 0.408 e. The molecule has 2 aromatic carbocycles. The van der Waals surface area contributed by atoms with E-state index >= 15 is 0 Å². The molecule has 1 fully saturated rings. The first-order chi connectivity index (χ1) is 16.1. The molecule has 0 aliphatic carbocycles. The third kappa shape index (κ3) is 4.32. The molecular weight excluding hydrogens is 442 g/mol. The van der Waals surface area contributed by atoms with Crippen LogP contribution < -0.4 is 15.0 Å². The van der Waals surface area contributed by atoms with Crippen LogP contribution in [0.3, 0.4) is 0 Å². The number of fused-ring (bicyclic) bond motifs is 1. The first-order valence-electron chi connectivity index (χ1n) is 10.7. The summed E-state index contributed by atoms with van der Waals surface area (Å²) in [6.45, 7) is 4.91. The molecular formula is C24H25N3O7. The highest BCUT2D eigenvalue weighted by Gasteiger charge is 2.50.